The zero-order valence-electron chi connectivity index (χ0n) is 19.7. The summed E-state index contributed by atoms with van der Waals surface area (Å²) in [6, 6.07) is 4.04. The van der Waals surface area contributed by atoms with Crippen LogP contribution in [0.4, 0.5) is 0 Å². The van der Waals surface area contributed by atoms with Crippen molar-refractivity contribution in [3.05, 3.63) is 24.0 Å². The molecule has 0 spiro atoms. The van der Waals surface area contributed by atoms with Gasteiger partial charge in [-0.3, -0.25) is 9.59 Å². The predicted octanol–water partition coefficient (Wildman–Crippen LogP) is 4.38. The van der Waals surface area contributed by atoms with Crippen LogP contribution in [0.25, 0.3) is 0 Å². The molecule has 30 heavy (non-hydrogen) atoms. The lowest BCUT2D eigenvalue weighted by Gasteiger charge is -2.28. The van der Waals surface area contributed by atoms with E-state index in [4.69, 9.17) is 4.74 Å². The molecule has 0 aliphatic heterocycles. The van der Waals surface area contributed by atoms with Gasteiger partial charge in [0.05, 0.1) is 13.1 Å². The third-order valence-electron chi connectivity index (χ3n) is 5.49. The standard InChI is InChI=1S/C24H43N3O3/c1-5-7-9-10-11-15-23(28)27(18-13-19-30-4)21-24(29)26(17-8-6-2)20-22-14-12-16-25(22)3/h12,14,16H,5-11,13,15,17-21H2,1-4H3. The van der Waals surface area contributed by atoms with Crippen LogP contribution in [0.5, 0.6) is 0 Å². The van der Waals surface area contributed by atoms with E-state index >= 15 is 0 Å². The van der Waals surface area contributed by atoms with Crippen molar-refractivity contribution in [2.45, 2.75) is 78.2 Å². The van der Waals surface area contributed by atoms with Crippen LogP contribution >= 0.6 is 0 Å². The summed E-state index contributed by atoms with van der Waals surface area (Å²) in [6.07, 6.45) is 10.8. The minimum absolute atomic E-state index is 0.0291. The van der Waals surface area contributed by atoms with Gasteiger partial charge >= 0.3 is 0 Å². The van der Waals surface area contributed by atoms with Crippen LogP contribution in [0, 0.1) is 0 Å². The molecule has 0 aromatic carbocycles. The number of aromatic nitrogens is 1. The highest BCUT2D eigenvalue weighted by Gasteiger charge is 2.21. The van der Waals surface area contributed by atoms with E-state index in [-0.39, 0.29) is 18.4 Å². The molecule has 0 atom stereocenters. The number of ether oxygens (including phenoxy) is 1. The molecule has 0 aliphatic rings. The van der Waals surface area contributed by atoms with E-state index in [1.165, 1.54) is 19.3 Å². The van der Waals surface area contributed by atoms with Gasteiger partial charge in [-0.25, -0.2) is 0 Å². The fraction of sp³-hybridized carbons (Fsp3) is 0.750. The van der Waals surface area contributed by atoms with E-state index in [0.29, 0.717) is 26.1 Å². The molecule has 1 aromatic heterocycles. The Bertz CT molecular complexity index is 600. The second-order valence-electron chi connectivity index (χ2n) is 8.11. The van der Waals surface area contributed by atoms with Gasteiger partial charge in [0.1, 0.15) is 0 Å². The first-order valence-electron chi connectivity index (χ1n) is 11.7. The maximum Gasteiger partial charge on any atom is 0.242 e. The third-order valence-corrected chi connectivity index (χ3v) is 5.49. The first-order chi connectivity index (χ1) is 14.5. The number of carbonyl (C=O) groups is 2. The average Bonchev–Trinajstić information content (AvgIpc) is 3.14. The van der Waals surface area contributed by atoms with Crippen molar-refractivity contribution in [2.75, 3.05) is 33.4 Å². The van der Waals surface area contributed by atoms with Crippen molar-refractivity contribution in [1.29, 1.82) is 0 Å². The highest BCUT2D eigenvalue weighted by molar-refractivity contribution is 5.84. The number of methoxy groups -OCH3 is 1. The fourth-order valence-electron chi connectivity index (χ4n) is 3.49. The number of rotatable bonds is 17. The van der Waals surface area contributed by atoms with Gasteiger partial charge in [0, 0.05) is 52.2 Å². The summed E-state index contributed by atoms with van der Waals surface area (Å²) in [6.45, 7) is 6.94. The van der Waals surface area contributed by atoms with Crippen molar-refractivity contribution in [2.24, 2.45) is 7.05 Å². The van der Waals surface area contributed by atoms with E-state index in [1.807, 2.05) is 34.8 Å². The highest BCUT2D eigenvalue weighted by Crippen LogP contribution is 2.11. The second kappa shape index (κ2) is 15.9. The minimum atomic E-state index is 0.0291. The van der Waals surface area contributed by atoms with Crippen molar-refractivity contribution < 1.29 is 14.3 Å². The Morgan fingerprint density at radius 1 is 0.933 bits per heavy atom. The van der Waals surface area contributed by atoms with Crippen molar-refractivity contribution in [3.8, 4) is 0 Å². The molecule has 2 amide bonds. The quantitative estimate of drug-likeness (QED) is 0.351. The van der Waals surface area contributed by atoms with Crippen LogP contribution in [0.1, 0.15) is 77.3 Å². The lowest BCUT2D eigenvalue weighted by molar-refractivity contribution is -0.141. The van der Waals surface area contributed by atoms with E-state index in [9.17, 15) is 9.59 Å². The van der Waals surface area contributed by atoms with Crippen LogP contribution < -0.4 is 0 Å². The van der Waals surface area contributed by atoms with Crippen LogP contribution in [0.3, 0.4) is 0 Å². The Balaban J connectivity index is 2.71. The number of unbranched alkanes of at least 4 members (excludes halogenated alkanes) is 5. The summed E-state index contributed by atoms with van der Waals surface area (Å²) in [4.78, 5) is 29.6. The summed E-state index contributed by atoms with van der Waals surface area (Å²) in [5.74, 6) is 0.117. The second-order valence-corrected chi connectivity index (χ2v) is 8.11. The lowest BCUT2D eigenvalue weighted by atomic mass is 10.1. The first kappa shape index (κ1) is 26.2. The van der Waals surface area contributed by atoms with E-state index in [1.54, 1.807) is 12.0 Å². The molecule has 1 aromatic rings. The van der Waals surface area contributed by atoms with Crippen LogP contribution in [0.15, 0.2) is 18.3 Å². The summed E-state index contributed by atoms with van der Waals surface area (Å²) < 4.78 is 7.20. The topological polar surface area (TPSA) is 54.8 Å². The van der Waals surface area contributed by atoms with Crippen molar-refractivity contribution in [3.63, 3.8) is 0 Å². The zero-order chi connectivity index (χ0) is 22.2. The van der Waals surface area contributed by atoms with Crippen LogP contribution in [-0.4, -0.2) is 59.5 Å². The van der Waals surface area contributed by atoms with E-state index in [2.05, 4.69) is 13.8 Å². The van der Waals surface area contributed by atoms with Gasteiger partial charge in [0.25, 0.3) is 0 Å². The Morgan fingerprint density at radius 3 is 2.27 bits per heavy atom. The summed E-state index contributed by atoms with van der Waals surface area (Å²) in [5.41, 5.74) is 1.10. The SMILES string of the molecule is CCCCCCCC(=O)N(CCCOC)CC(=O)N(CCCC)Cc1cccn1C. The fourth-order valence-corrected chi connectivity index (χ4v) is 3.49. The van der Waals surface area contributed by atoms with Gasteiger partial charge in [-0.2, -0.15) is 0 Å². The molecular weight excluding hydrogens is 378 g/mol. The van der Waals surface area contributed by atoms with Crippen LogP contribution in [-0.2, 0) is 27.9 Å². The average molecular weight is 422 g/mol. The van der Waals surface area contributed by atoms with E-state index in [0.717, 1.165) is 44.3 Å². The molecule has 1 rings (SSSR count). The number of hydrogen-bond donors (Lipinski definition) is 0. The molecule has 0 N–H and O–H groups in total. The predicted molar refractivity (Wildman–Crippen MR) is 122 cm³/mol. The molecule has 0 saturated carbocycles. The maximum absolute atomic E-state index is 13.1. The lowest BCUT2D eigenvalue weighted by Crippen LogP contribution is -2.43. The Labute approximate surface area is 183 Å². The molecule has 6 nitrogen and oxygen atoms in total. The van der Waals surface area contributed by atoms with Gasteiger partial charge in [0.2, 0.25) is 11.8 Å². The summed E-state index contributed by atoms with van der Waals surface area (Å²) in [5, 5.41) is 0. The summed E-state index contributed by atoms with van der Waals surface area (Å²) >= 11 is 0. The molecule has 172 valence electrons. The maximum atomic E-state index is 13.1. The molecule has 0 fully saturated rings. The zero-order valence-corrected chi connectivity index (χ0v) is 19.7. The molecule has 0 saturated heterocycles. The van der Waals surface area contributed by atoms with E-state index < -0.39 is 0 Å². The number of nitrogens with zero attached hydrogens (tertiary/aromatic N) is 3. The van der Waals surface area contributed by atoms with Crippen LogP contribution in [0.2, 0.25) is 0 Å². The minimum Gasteiger partial charge on any atom is -0.385 e. The van der Waals surface area contributed by atoms with Gasteiger partial charge in [-0.05, 0) is 31.4 Å². The number of aryl methyl sites for hydroxylation is 1. The van der Waals surface area contributed by atoms with Gasteiger partial charge in [0.15, 0.2) is 0 Å². The molecular formula is C24H43N3O3. The largest absolute Gasteiger partial charge is 0.385 e. The monoisotopic (exact) mass is 421 g/mol. The highest BCUT2D eigenvalue weighted by atomic mass is 16.5. The molecule has 1 heterocycles. The first-order valence-corrected chi connectivity index (χ1v) is 11.7. The molecule has 6 heteroatoms. The van der Waals surface area contributed by atoms with Crippen molar-refractivity contribution >= 4 is 11.8 Å². The number of amides is 2. The Hall–Kier alpha value is -1.82. The smallest absolute Gasteiger partial charge is 0.242 e. The molecule has 0 bridgehead atoms. The number of hydrogen-bond acceptors (Lipinski definition) is 3. The molecule has 0 aliphatic carbocycles. The van der Waals surface area contributed by atoms with Gasteiger partial charge in [-0.15, -0.1) is 0 Å². The Morgan fingerprint density at radius 2 is 1.63 bits per heavy atom. The Kier molecular flexibility index (Phi) is 13.9. The molecule has 0 unspecified atom stereocenters. The molecule has 0 radical (unpaired) electrons. The summed E-state index contributed by atoms with van der Waals surface area (Å²) in [7, 11) is 3.66. The normalized spacial score (nSPS) is 10.9. The third kappa shape index (κ3) is 10.3. The number of carbonyl (C=O) groups excluding carboxylic acids is 2. The van der Waals surface area contributed by atoms with Crippen molar-refractivity contribution in [1.82, 2.24) is 14.4 Å². The van der Waals surface area contributed by atoms with Gasteiger partial charge in [-0.1, -0.05) is 46.0 Å². The van der Waals surface area contributed by atoms with Gasteiger partial charge < -0.3 is 19.1 Å².